The lowest BCUT2D eigenvalue weighted by Crippen LogP contribution is -2.21. The van der Waals surface area contributed by atoms with E-state index < -0.39 is 0 Å². The van der Waals surface area contributed by atoms with Crippen molar-refractivity contribution in [2.24, 2.45) is 5.73 Å². The summed E-state index contributed by atoms with van der Waals surface area (Å²) in [6.45, 7) is 12.3. The zero-order chi connectivity index (χ0) is 15.9. The first-order valence-corrected chi connectivity index (χ1v) is 7.56. The van der Waals surface area contributed by atoms with Crippen LogP contribution in [0.15, 0.2) is 18.2 Å². The van der Waals surface area contributed by atoms with Gasteiger partial charge in [-0.25, -0.2) is 0 Å². The maximum atomic E-state index is 5.93. The molecule has 0 saturated carbocycles. The van der Waals surface area contributed by atoms with Gasteiger partial charge in [0.1, 0.15) is 5.75 Å². The average Bonchev–Trinajstić information content (AvgIpc) is 2.38. The largest absolute Gasteiger partial charge is 0.494 e. The Morgan fingerprint density at radius 1 is 1.19 bits per heavy atom. The molecule has 0 amide bonds. The van der Waals surface area contributed by atoms with Gasteiger partial charge in [-0.1, -0.05) is 6.07 Å². The van der Waals surface area contributed by atoms with Crippen LogP contribution in [0.2, 0.25) is 0 Å². The fourth-order valence-corrected chi connectivity index (χ4v) is 1.88. The van der Waals surface area contributed by atoms with Crippen LogP contribution in [-0.2, 0) is 16.1 Å². The zero-order valence-corrected chi connectivity index (χ0v) is 13.9. The summed E-state index contributed by atoms with van der Waals surface area (Å²) in [6, 6.07) is 6.03. The van der Waals surface area contributed by atoms with E-state index in [0.29, 0.717) is 26.4 Å². The van der Waals surface area contributed by atoms with Gasteiger partial charge >= 0.3 is 0 Å². The monoisotopic (exact) mass is 295 g/mol. The lowest BCUT2D eigenvalue weighted by molar-refractivity contribution is -0.0378. The first-order valence-electron chi connectivity index (χ1n) is 7.56. The van der Waals surface area contributed by atoms with Crippen molar-refractivity contribution in [3.05, 3.63) is 29.3 Å². The second-order valence-corrected chi connectivity index (χ2v) is 6.10. The van der Waals surface area contributed by atoms with Gasteiger partial charge in [-0.3, -0.25) is 0 Å². The molecule has 0 radical (unpaired) electrons. The van der Waals surface area contributed by atoms with Crippen LogP contribution < -0.4 is 10.5 Å². The van der Waals surface area contributed by atoms with E-state index in [1.807, 2.05) is 46.8 Å². The van der Waals surface area contributed by atoms with Crippen LogP contribution in [0, 0.1) is 0 Å². The van der Waals surface area contributed by atoms with Crippen molar-refractivity contribution >= 4 is 0 Å². The minimum absolute atomic E-state index is 0.00338. The molecular formula is C17H29NO3. The van der Waals surface area contributed by atoms with Crippen LogP contribution in [0.3, 0.4) is 0 Å². The minimum atomic E-state index is -0.130. The highest BCUT2D eigenvalue weighted by Gasteiger charge is 2.10. The number of hydrogen-bond acceptors (Lipinski definition) is 4. The number of rotatable bonds is 8. The molecule has 120 valence electrons. The van der Waals surface area contributed by atoms with E-state index in [-0.39, 0.29) is 11.6 Å². The van der Waals surface area contributed by atoms with Crippen molar-refractivity contribution < 1.29 is 14.2 Å². The molecule has 0 aliphatic carbocycles. The highest BCUT2D eigenvalue weighted by molar-refractivity contribution is 5.38. The zero-order valence-electron chi connectivity index (χ0n) is 13.9. The van der Waals surface area contributed by atoms with Gasteiger partial charge in [-0.15, -0.1) is 0 Å². The number of ether oxygens (including phenoxy) is 3. The third-order valence-corrected chi connectivity index (χ3v) is 2.93. The second-order valence-electron chi connectivity index (χ2n) is 6.10. The Kier molecular flexibility index (Phi) is 7.15. The van der Waals surface area contributed by atoms with Crippen LogP contribution in [0.25, 0.3) is 0 Å². The van der Waals surface area contributed by atoms with Crippen molar-refractivity contribution in [2.75, 3.05) is 19.8 Å². The Morgan fingerprint density at radius 3 is 2.48 bits per heavy atom. The molecule has 2 N–H and O–H groups in total. The van der Waals surface area contributed by atoms with Gasteiger partial charge < -0.3 is 19.9 Å². The first-order chi connectivity index (χ1) is 9.83. The van der Waals surface area contributed by atoms with E-state index >= 15 is 0 Å². The number of nitrogens with two attached hydrogens (primary N) is 1. The minimum Gasteiger partial charge on any atom is -0.494 e. The molecule has 0 aliphatic heterocycles. The molecule has 0 aliphatic rings. The predicted molar refractivity (Wildman–Crippen MR) is 85.6 cm³/mol. The van der Waals surface area contributed by atoms with E-state index in [2.05, 4.69) is 6.07 Å². The fourth-order valence-electron chi connectivity index (χ4n) is 1.88. The Morgan fingerprint density at radius 2 is 1.90 bits per heavy atom. The molecule has 1 atom stereocenters. The van der Waals surface area contributed by atoms with Crippen molar-refractivity contribution in [3.63, 3.8) is 0 Å². The molecule has 1 aromatic carbocycles. The summed E-state index contributed by atoms with van der Waals surface area (Å²) >= 11 is 0. The van der Waals surface area contributed by atoms with Gasteiger partial charge in [0.05, 0.1) is 32.0 Å². The first kappa shape index (κ1) is 18.0. The van der Waals surface area contributed by atoms with Crippen LogP contribution in [0.5, 0.6) is 5.75 Å². The molecular weight excluding hydrogens is 266 g/mol. The highest BCUT2D eigenvalue weighted by atomic mass is 16.5. The summed E-state index contributed by atoms with van der Waals surface area (Å²) in [5.74, 6) is 0.860. The van der Waals surface area contributed by atoms with E-state index in [1.165, 1.54) is 0 Å². The lowest BCUT2D eigenvalue weighted by atomic mass is 10.1. The van der Waals surface area contributed by atoms with E-state index in [1.54, 1.807) is 0 Å². The van der Waals surface area contributed by atoms with Crippen molar-refractivity contribution in [3.8, 4) is 5.75 Å². The molecule has 0 spiro atoms. The third-order valence-electron chi connectivity index (χ3n) is 2.93. The fraction of sp³-hybridized carbons (Fsp3) is 0.647. The molecule has 0 heterocycles. The van der Waals surface area contributed by atoms with E-state index in [4.69, 9.17) is 19.9 Å². The van der Waals surface area contributed by atoms with E-state index in [9.17, 15) is 0 Å². The Labute approximate surface area is 128 Å². The van der Waals surface area contributed by atoms with Crippen LogP contribution in [0.1, 0.15) is 51.8 Å². The molecule has 1 rings (SSSR count). The Hall–Kier alpha value is -1.10. The molecule has 0 fully saturated rings. The third kappa shape index (κ3) is 6.93. The van der Waals surface area contributed by atoms with Gasteiger partial charge in [-0.05, 0) is 52.3 Å². The van der Waals surface area contributed by atoms with Crippen molar-refractivity contribution in [1.82, 2.24) is 0 Å². The smallest absolute Gasteiger partial charge is 0.124 e. The van der Waals surface area contributed by atoms with Gasteiger partial charge in [0, 0.05) is 11.6 Å². The summed E-state index contributed by atoms with van der Waals surface area (Å²) < 4.78 is 17.0. The topological polar surface area (TPSA) is 53.7 Å². The molecule has 4 nitrogen and oxygen atoms in total. The quantitative estimate of drug-likeness (QED) is 0.746. The summed E-state index contributed by atoms with van der Waals surface area (Å²) in [5.41, 5.74) is 7.92. The summed E-state index contributed by atoms with van der Waals surface area (Å²) in [5, 5.41) is 0. The maximum Gasteiger partial charge on any atom is 0.124 e. The maximum absolute atomic E-state index is 5.93. The lowest BCUT2D eigenvalue weighted by Gasteiger charge is -2.19. The Balaban J connectivity index is 2.56. The Bertz CT molecular complexity index is 425. The van der Waals surface area contributed by atoms with Crippen LogP contribution in [0.4, 0.5) is 0 Å². The molecule has 21 heavy (non-hydrogen) atoms. The number of benzene rings is 1. The van der Waals surface area contributed by atoms with Crippen molar-refractivity contribution in [1.29, 1.82) is 0 Å². The normalized spacial score (nSPS) is 13.2. The molecule has 1 unspecified atom stereocenters. The summed E-state index contributed by atoms with van der Waals surface area (Å²) in [4.78, 5) is 0. The predicted octanol–water partition coefficient (Wildman–Crippen LogP) is 3.44. The van der Waals surface area contributed by atoms with Gasteiger partial charge in [-0.2, -0.15) is 0 Å². The highest BCUT2D eigenvalue weighted by Crippen LogP contribution is 2.23. The second kappa shape index (κ2) is 8.37. The molecule has 4 heteroatoms. The van der Waals surface area contributed by atoms with Crippen molar-refractivity contribution in [2.45, 2.75) is 52.9 Å². The summed E-state index contributed by atoms with van der Waals surface area (Å²) in [6.07, 6.45) is 0. The van der Waals surface area contributed by atoms with E-state index in [0.717, 1.165) is 16.9 Å². The van der Waals surface area contributed by atoms with Gasteiger partial charge in [0.15, 0.2) is 0 Å². The van der Waals surface area contributed by atoms with Crippen LogP contribution in [-0.4, -0.2) is 25.4 Å². The van der Waals surface area contributed by atoms with Crippen LogP contribution >= 0.6 is 0 Å². The molecule has 0 bridgehead atoms. The molecule has 0 saturated heterocycles. The molecule has 0 aromatic heterocycles. The average molecular weight is 295 g/mol. The van der Waals surface area contributed by atoms with Gasteiger partial charge in [0.25, 0.3) is 0 Å². The SMILES string of the molecule is CCOc1ccc(C(C)N)cc1COCCOC(C)(C)C. The van der Waals surface area contributed by atoms with Gasteiger partial charge in [0.2, 0.25) is 0 Å². The standard InChI is InChI=1S/C17H29NO3/c1-6-20-16-8-7-14(13(2)18)11-15(16)12-19-9-10-21-17(3,4)5/h7-8,11,13H,6,9-10,12,18H2,1-5H3. The molecule has 1 aromatic rings. The number of hydrogen-bond donors (Lipinski definition) is 1. The summed E-state index contributed by atoms with van der Waals surface area (Å²) in [7, 11) is 0.